The number of furan rings is 4. The van der Waals surface area contributed by atoms with Gasteiger partial charge in [0.25, 0.3) is 23.6 Å². The van der Waals surface area contributed by atoms with Crippen molar-refractivity contribution in [3.8, 4) is 56.9 Å². The molecule has 150 heavy (non-hydrogen) atoms. The molecule has 12 aromatic heterocycles. The number of morpholine rings is 1. The fraction of sp³-hybridized carbons (Fsp3) is 0.250. The summed E-state index contributed by atoms with van der Waals surface area (Å²) < 4.78 is 52.9. The van der Waals surface area contributed by atoms with E-state index in [1.807, 2.05) is 126 Å². The van der Waals surface area contributed by atoms with Crippen LogP contribution in [0.3, 0.4) is 0 Å². The van der Waals surface area contributed by atoms with E-state index in [1.165, 1.54) is 12.8 Å². The number of benzene rings is 5. The number of nitrogens with zero attached hydrogens (tertiary/aromatic N) is 12. The summed E-state index contributed by atoms with van der Waals surface area (Å²) in [5, 5.41) is 10.7. The van der Waals surface area contributed by atoms with Crippen molar-refractivity contribution in [1.29, 1.82) is 0 Å². The number of ether oxygens (including phenoxy) is 5. The Morgan fingerprint density at radius 1 is 0.387 bits per heavy atom. The lowest BCUT2D eigenvalue weighted by molar-refractivity contribution is -0.128. The first kappa shape index (κ1) is 93.9. The summed E-state index contributed by atoms with van der Waals surface area (Å²) in [7, 11) is 6.18. The summed E-state index contributed by atoms with van der Waals surface area (Å²) in [6.07, 6.45) is 10.3. The highest BCUT2D eigenvalue weighted by atomic mass is 16.5. The van der Waals surface area contributed by atoms with Crippen LogP contribution in [-0.2, 0) is 97.4 Å². The first-order chi connectivity index (χ1) is 72.7. The summed E-state index contributed by atoms with van der Waals surface area (Å²) in [6, 6.07) is 60.7. The number of hydrogen-bond donors (Lipinski definition) is 5. The second kappa shape index (κ2) is 37.0. The van der Waals surface area contributed by atoms with Crippen molar-refractivity contribution in [3.63, 3.8) is 0 Å². The SMILES string of the molecule is COc1ccc2c(c1)C(=O)N(C[C@@]1(c3cc4nc(-c5cc6ccccc6[nH]5)ccc4o3)CC(=O)NC1=O)C2.COc1ccc2c(c1)C(=O)N(C[C@@]1(c3cc4nc(-c5ccc(N6CCOCC6)nc5)ccc4o3)CC(=O)NC1=O)C2.COc1ccc2c(c1)C(=O)N(C[C@@]1(c3cc4nc(-c5ccc6nccn6c5)ccc4o3)CC(=O)NC1=O)C2.COc1ccc2c(c1)C(=O)N(C[C@@]1(c3cc4nc(CC5CC5)ccc4o3)CC(=O)NC1=O)C2. The zero-order valence-electron chi connectivity index (χ0n) is 81.3. The number of pyridine rings is 6. The number of fused-ring (bicyclic) bond motifs is 10. The van der Waals surface area contributed by atoms with Crippen LogP contribution in [0.25, 0.3) is 94.9 Å². The van der Waals surface area contributed by atoms with Gasteiger partial charge >= 0.3 is 0 Å². The summed E-state index contributed by atoms with van der Waals surface area (Å²) in [4.78, 5) is 195. The number of methoxy groups -OCH3 is 4. The van der Waals surface area contributed by atoms with Gasteiger partial charge in [0.1, 0.15) is 101 Å². The molecular formula is C112H93N17O21. The van der Waals surface area contributed by atoms with E-state index in [1.54, 1.807) is 151 Å². The molecule has 752 valence electrons. The predicted octanol–water partition coefficient (Wildman–Crippen LogP) is 12.4. The van der Waals surface area contributed by atoms with Crippen LogP contribution in [0.4, 0.5) is 5.82 Å². The molecule has 0 spiro atoms. The van der Waals surface area contributed by atoms with E-state index in [9.17, 15) is 57.5 Å². The van der Waals surface area contributed by atoms with Crippen LogP contribution >= 0.6 is 0 Å². The highest BCUT2D eigenvalue weighted by Gasteiger charge is 2.58. The van der Waals surface area contributed by atoms with Gasteiger partial charge in [-0.1, -0.05) is 42.5 Å². The summed E-state index contributed by atoms with van der Waals surface area (Å²) >= 11 is 0. The Morgan fingerprint density at radius 2 is 0.773 bits per heavy atom. The molecule has 0 radical (unpaired) electrons. The number of aromatic nitrogens is 8. The van der Waals surface area contributed by atoms with Crippen LogP contribution in [-0.4, -0.2) is 211 Å². The first-order valence-corrected chi connectivity index (χ1v) is 48.9. The van der Waals surface area contributed by atoms with Crippen molar-refractivity contribution in [2.24, 2.45) is 5.92 Å². The molecule has 27 rings (SSSR count). The number of aromatic amines is 1. The number of nitrogens with one attached hydrogen (secondary N) is 5. The van der Waals surface area contributed by atoms with Crippen LogP contribution in [0.1, 0.15) is 131 Å². The topological polar surface area (TPSA) is 465 Å². The van der Waals surface area contributed by atoms with Crippen molar-refractivity contribution in [2.75, 3.05) is 85.8 Å². The van der Waals surface area contributed by atoms with Gasteiger partial charge in [-0.3, -0.25) is 78.8 Å². The quantitative estimate of drug-likeness (QED) is 0.0393. The Bertz CT molecular complexity index is 8360. The number of imide groups is 4. The van der Waals surface area contributed by atoms with Crippen molar-refractivity contribution in [2.45, 2.75) is 92.8 Å². The average molecular weight is 2010 g/mol. The Labute approximate surface area is 851 Å². The van der Waals surface area contributed by atoms with Gasteiger partial charge in [-0.25, -0.2) is 29.9 Å². The number of carbonyl (C=O) groups is 12. The molecule has 6 fully saturated rings. The lowest BCUT2D eigenvalue weighted by Gasteiger charge is -2.28. The lowest BCUT2D eigenvalue weighted by Crippen LogP contribution is -2.46. The van der Waals surface area contributed by atoms with Crippen molar-refractivity contribution in [1.82, 2.24) is 80.2 Å². The second-order valence-corrected chi connectivity index (χ2v) is 39.2. The summed E-state index contributed by atoms with van der Waals surface area (Å²) in [5.41, 5.74) is 12.0. The molecular weight excluding hydrogens is 1920 g/mol. The second-order valence-electron chi connectivity index (χ2n) is 39.2. The Balaban J connectivity index is 0.000000107. The maximum absolute atomic E-state index is 13.3. The molecule has 12 amide bonds. The van der Waals surface area contributed by atoms with Gasteiger partial charge in [-0.05, 0) is 181 Å². The number of para-hydroxylation sites is 1. The molecule has 4 atom stereocenters. The monoisotopic (exact) mass is 2010 g/mol. The van der Waals surface area contributed by atoms with Crippen molar-refractivity contribution < 1.29 is 98.9 Å². The van der Waals surface area contributed by atoms with Gasteiger partial charge in [-0.2, -0.15) is 0 Å². The van der Waals surface area contributed by atoms with Crippen LogP contribution in [0.5, 0.6) is 23.0 Å². The van der Waals surface area contributed by atoms with E-state index < -0.39 is 63.0 Å². The van der Waals surface area contributed by atoms with E-state index >= 15 is 0 Å². The number of amides is 12. The van der Waals surface area contributed by atoms with Crippen LogP contribution in [0.2, 0.25) is 0 Å². The smallest absolute Gasteiger partial charge is 0.254 e. The molecule has 1 aliphatic carbocycles. The molecule has 38 heteroatoms. The maximum atomic E-state index is 13.3. The summed E-state index contributed by atoms with van der Waals surface area (Å²) in [5.74, 6) is 0.758. The third-order valence-electron chi connectivity index (χ3n) is 29.7. The molecule has 10 aliphatic rings. The molecule has 5 aromatic carbocycles. The molecule has 38 nitrogen and oxygen atoms in total. The van der Waals surface area contributed by atoms with E-state index in [-0.39, 0.29) is 81.4 Å². The molecule has 5 saturated heterocycles. The minimum absolute atomic E-state index is 0.00486. The standard InChI is InChI=1S/C30H27N5O6.C29H22N4O5.C28H21N5O5.C25H23N3O5/c1-39-20-4-2-19-16-35(28(37)21(19)12-20)17-30(14-27(36)33-29(30)38)25-13-23-24(41-25)6-5-22(32-23)18-3-7-26(31-15-18)34-8-10-40-11-9-34;1-37-18-7-6-17-14-33(27(35)19(17)11-18)15-29(13-26(34)32-28(29)36)25-12-23-24(38-25)9-8-21(31-23)22-10-16-4-2-3-5-20(16)30-22;1-37-18-4-2-16-13-33(26(35)19(16)10-18)15-28(12-25(34)31-27(28)36)23-11-21-22(38-23)6-5-20(30-21)17-3-7-24-29-8-9-32(24)14-17;1-32-17-6-4-15-12-28(23(30)18(15)9-17)13-25(11-22(29)27-24(25)31)21-10-19-20(33-21)7-5-16(26-19)8-14-2-3-14/h2-7,12-13,15H,8-11,14,16-17H2,1H3,(H,33,36,38);2-12,30H,13-15H2,1H3,(H,32,34,36);2-11,14H,12-13,15H2,1H3,(H,31,34,36);4-7,9-10,14H,2-3,8,11-13H2,1H3,(H,27,29,31)/t30-;29-;28-;25-/m1111/s1. The number of hydrogen-bond acceptors (Lipinski definition) is 28. The maximum Gasteiger partial charge on any atom is 0.254 e. The van der Waals surface area contributed by atoms with Gasteiger partial charge in [0.05, 0.1) is 90.1 Å². The minimum atomic E-state index is -1.37. The molecule has 17 aromatic rings. The highest BCUT2D eigenvalue weighted by molar-refractivity contribution is 6.14. The third kappa shape index (κ3) is 16.9. The van der Waals surface area contributed by atoms with E-state index in [4.69, 9.17) is 61.3 Å². The summed E-state index contributed by atoms with van der Waals surface area (Å²) in [6.45, 7) is 4.29. The fourth-order valence-electron chi connectivity index (χ4n) is 21.6. The van der Waals surface area contributed by atoms with Crippen LogP contribution in [0, 0.1) is 5.92 Å². The third-order valence-corrected chi connectivity index (χ3v) is 29.7. The van der Waals surface area contributed by atoms with Gasteiger partial charge < -0.3 is 75.2 Å². The molecule has 0 unspecified atom stereocenters. The number of rotatable bonds is 22. The first-order valence-electron chi connectivity index (χ1n) is 48.9. The molecule has 21 heterocycles. The van der Waals surface area contributed by atoms with E-state index in [0.29, 0.717) is 164 Å². The van der Waals surface area contributed by atoms with Crippen LogP contribution < -0.4 is 45.1 Å². The van der Waals surface area contributed by atoms with Gasteiger partial charge in [0, 0.05) is 164 Å². The molecule has 0 bridgehead atoms. The molecule has 9 aliphatic heterocycles. The Hall–Kier alpha value is -18.4. The minimum Gasteiger partial charge on any atom is -0.497 e. The largest absolute Gasteiger partial charge is 0.497 e. The number of anilines is 1. The number of carbonyl (C=O) groups excluding carboxylic acids is 12. The zero-order chi connectivity index (χ0) is 103. The van der Waals surface area contributed by atoms with Gasteiger partial charge in [-0.15, -0.1) is 0 Å². The van der Waals surface area contributed by atoms with Crippen molar-refractivity contribution in [3.05, 3.63) is 298 Å². The van der Waals surface area contributed by atoms with Crippen molar-refractivity contribution >= 4 is 138 Å². The van der Waals surface area contributed by atoms with Crippen LogP contribution in [0.15, 0.2) is 243 Å². The number of imidazole rings is 1. The number of H-pyrrole nitrogens is 1. The lowest BCUT2D eigenvalue weighted by atomic mass is 9.82. The van der Waals surface area contributed by atoms with E-state index in [0.717, 1.165) is 98.0 Å². The zero-order valence-corrected chi connectivity index (χ0v) is 81.3. The van der Waals surface area contributed by atoms with Gasteiger partial charge in [0.2, 0.25) is 47.3 Å². The predicted molar refractivity (Wildman–Crippen MR) is 539 cm³/mol. The Morgan fingerprint density at radius 3 is 1.16 bits per heavy atom. The average Bonchev–Trinajstić information content (AvgIpc) is 1.59. The Kier molecular flexibility index (Phi) is 23.2. The fourth-order valence-corrected chi connectivity index (χ4v) is 21.6. The highest BCUT2D eigenvalue weighted by Crippen LogP contribution is 2.47. The van der Waals surface area contributed by atoms with E-state index in [2.05, 4.69) is 41.1 Å². The normalized spacial score (nSPS) is 20.1. The van der Waals surface area contributed by atoms with Gasteiger partial charge in [0.15, 0.2) is 22.3 Å². The molecule has 1 saturated carbocycles. The molecule has 5 N–H and O–H groups in total.